The van der Waals surface area contributed by atoms with E-state index in [2.05, 4.69) is 12.2 Å². The minimum Gasteiger partial charge on any atom is -0.393 e. The van der Waals surface area contributed by atoms with Crippen molar-refractivity contribution in [1.29, 1.82) is 0 Å². The number of amides is 1. The van der Waals surface area contributed by atoms with Crippen molar-refractivity contribution >= 4 is 17.7 Å². The molecule has 0 spiro atoms. The van der Waals surface area contributed by atoms with Gasteiger partial charge < -0.3 is 10.4 Å². The summed E-state index contributed by atoms with van der Waals surface area (Å²) in [5.74, 6) is 1.67. The van der Waals surface area contributed by atoms with Crippen LogP contribution in [0.25, 0.3) is 0 Å². The van der Waals surface area contributed by atoms with Crippen LogP contribution in [-0.4, -0.2) is 35.2 Å². The van der Waals surface area contributed by atoms with Crippen molar-refractivity contribution in [3.8, 4) is 0 Å². The highest BCUT2D eigenvalue weighted by Gasteiger charge is 2.01. The van der Waals surface area contributed by atoms with Gasteiger partial charge in [-0.05, 0) is 25.5 Å². The normalized spacial score (nSPS) is 12.5. The first kappa shape index (κ1) is 13.8. The molecule has 0 heterocycles. The van der Waals surface area contributed by atoms with Crippen molar-refractivity contribution in [2.45, 2.75) is 39.2 Å². The smallest absolute Gasteiger partial charge is 0.229 e. The van der Waals surface area contributed by atoms with Crippen LogP contribution in [0.15, 0.2) is 0 Å². The van der Waals surface area contributed by atoms with Gasteiger partial charge in [-0.25, -0.2) is 0 Å². The average molecular weight is 219 g/mol. The van der Waals surface area contributed by atoms with Crippen LogP contribution in [0, 0.1) is 0 Å². The summed E-state index contributed by atoms with van der Waals surface area (Å²) in [4.78, 5) is 11.2. The third-order valence-corrected chi connectivity index (χ3v) is 2.80. The summed E-state index contributed by atoms with van der Waals surface area (Å²) in [7, 11) is 0. The van der Waals surface area contributed by atoms with Crippen LogP contribution >= 0.6 is 11.8 Å². The van der Waals surface area contributed by atoms with Crippen LogP contribution in [0.1, 0.15) is 33.1 Å². The van der Waals surface area contributed by atoms with Gasteiger partial charge in [0.15, 0.2) is 0 Å². The van der Waals surface area contributed by atoms with E-state index in [9.17, 15) is 4.79 Å². The molecule has 0 radical (unpaired) electrons. The van der Waals surface area contributed by atoms with E-state index in [1.807, 2.05) is 0 Å². The van der Waals surface area contributed by atoms with Gasteiger partial charge in [-0.3, -0.25) is 4.79 Å². The zero-order chi connectivity index (χ0) is 10.8. The Morgan fingerprint density at radius 3 is 2.86 bits per heavy atom. The quantitative estimate of drug-likeness (QED) is 0.607. The number of thioether (sulfide) groups is 1. The average Bonchev–Trinajstić information content (AvgIpc) is 2.12. The zero-order valence-electron chi connectivity index (χ0n) is 9.08. The van der Waals surface area contributed by atoms with Crippen molar-refractivity contribution in [2.24, 2.45) is 0 Å². The Kier molecular flexibility index (Phi) is 9.19. The van der Waals surface area contributed by atoms with Gasteiger partial charge in [0, 0.05) is 6.54 Å². The fraction of sp³-hybridized carbons (Fsp3) is 0.900. The molecule has 0 rings (SSSR count). The van der Waals surface area contributed by atoms with Crippen LogP contribution < -0.4 is 5.32 Å². The number of hydrogen-bond acceptors (Lipinski definition) is 3. The van der Waals surface area contributed by atoms with Crippen molar-refractivity contribution in [2.75, 3.05) is 18.1 Å². The third kappa shape index (κ3) is 9.86. The van der Waals surface area contributed by atoms with E-state index in [-0.39, 0.29) is 12.0 Å². The maximum Gasteiger partial charge on any atom is 0.229 e. The van der Waals surface area contributed by atoms with Gasteiger partial charge >= 0.3 is 0 Å². The van der Waals surface area contributed by atoms with Crippen molar-refractivity contribution in [1.82, 2.24) is 5.32 Å². The molecule has 0 fully saturated rings. The summed E-state index contributed by atoms with van der Waals surface area (Å²) < 4.78 is 0. The molecule has 0 aromatic heterocycles. The maximum atomic E-state index is 11.2. The third-order valence-electron chi connectivity index (χ3n) is 1.76. The van der Waals surface area contributed by atoms with E-state index in [1.165, 1.54) is 12.8 Å². The molecule has 1 amide bonds. The number of aliphatic hydroxyl groups is 1. The molecule has 4 heteroatoms. The minimum atomic E-state index is -0.331. The molecule has 14 heavy (non-hydrogen) atoms. The Morgan fingerprint density at radius 1 is 1.57 bits per heavy atom. The lowest BCUT2D eigenvalue weighted by molar-refractivity contribution is -0.118. The predicted octanol–water partition coefficient (Wildman–Crippen LogP) is 1.41. The molecule has 0 saturated carbocycles. The Bertz CT molecular complexity index is 151. The monoisotopic (exact) mass is 219 g/mol. The number of hydrogen-bond donors (Lipinski definition) is 2. The molecule has 1 atom stereocenters. The van der Waals surface area contributed by atoms with E-state index in [0.29, 0.717) is 18.7 Å². The number of nitrogens with one attached hydrogen (secondary N) is 1. The highest BCUT2D eigenvalue weighted by atomic mass is 32.2. The van der Waals surface area contributed by atoms with Gasteiger partial charge in [0.1, 0.15) is 0 Å². The number of carbonyl (C=O) groups excluding carboxylic acids is 1. The molecule has 0 aromatic carbocycles. The summed E-state index contributed by atoms with van der Waals surface area (Å²) in [6.45, 7) is 4.44. The summed E-state index contributed by atoms with van der Waals surface area (Å²) in [5, 5.41) is 11.7. The van der Waals surface area contributed by atoms with E-state index < -0.39 is 0 Å². The van der Waals surface area contributed by atoms with Crippen molar-refractivity contribution in [3.05, 3.63) is 0 Å². The number of unbranched alkanes of at least 4 members (excludes halogenated alkanes) is 1. The minimum absolute atomic E-state index is 0.0757. The predicted molar refractivity (Wildman–Crippen MR) is 61.5 cm³/mol. The molecule has 3 nitrogen and oxygen atoms in total. The van der Waals surface area contributed by atoms with Gasteiger partial charge in [0.25, 0.3) is 0 Å². The molecule has 0 aromatic rings. The lowest BCUT2D eigenvalue weighted by Gasteiger charge is -2.06. The molecule has 1 unspecified atom stereocenters. The Balaban J connectivity index is 3.20. The van der Waals surface area contributed by atoms with E-state index in [4.69, 9.17) is 5.11 Å². The van der Waals surface area contributed by atoms with Crippen molar-refractivity contribution < 1.29 is 9.90 Å². The SMILES string of the molecule is CCCCSCC(=O)NCCC(C)O. The molecular formula is C10H21NO2S. The number of rotatable bonds is 8. The Morgan fingerprint density at radius 2 is 2.29 bits per heavy atom. The first-order valence-electron chi connectivity index (χ1n) is 5.19. The molecule has 2 N–H and O–H groups in total. The second-order valence-corrected chi connectivity index (χ2v) is 4.50. The highest BCUT2D eigenvalue weighted by molar-refractivity contribution is 7.99. The molecule has 0 aliphatic heterocycles. The fourth-order valence-electron chi connectivity index (χ4n) is 0.883. The van der Waals surface area contributed by atoms with Gasteiger partial charge in [-0.15, -0.1) is 0 Å². The van der Waals surface area contributed by atoms with Crippen LogP contribution in [0.3, 0.4) is 0 Å². The van der Waals surface area contributed by atoms with Gasteiger partial charge in [-0.1, -0.05) is 13.3 Å². The summed E-state index contributed by atoms with van der Waals surface area (Å²) in [6.07, 6.45) is 2.65. The fourth-order valence-corrected chi connectivity index (χ4v) is 1.81. The Hall–Kier alpha value is -0.220. The molecule has 0 bridgehead atoms. The van der Waals surface area contributed by atoms with Gasteiger partial charge in [0.05, 0.1) is 11.9 Å². The van der Waals surface area contributed by atoms with E-state index in [0.717, 1.165) is 5.75 Å². The summed E-state index contributed by atoms with van der Waals surface area (Å²) in [6, 6.07) is 0. The molecule has 0 aliphatic carbocycles. The van der Waals surface area contributed by atoms with E-state index >= 15 is 0 Å². The zero-order valence-corrected chi connectivity index (χ0v) is 9.90. The molecule has 84 valence electrons. The lowest BCUT2D eigenvalue weighted by Crippen LogP contribution is -2.28. The van der Waals surface area contributed by atoms with Crippen LogP contribution in [-0.2, 0) is 4.79 Å². The number of aliphatic hydroxyl groups excluding tert-OH is 1. The molecule has 0 saturated heterocycles. The summed E-state index contributed by atoms with van der Waals surface area (Å²) >= 11 is 1.67. The highest BCUT2D eigenvalue weighted by Crippen LogP contribution is 2.03. The standard InChI is InChI=1S/C10H21NO2S/c1-3-4-7-14-8-10(13)11-6-5-9(2)12/h9,12H,3-8H2,1-2H3,(H,11,13). The van der Waals surface area contributed by atoms with Gasteiger partial charge in [0.2, 0.25) is 5.91 Å². The van der Waals surface area contributed by atoms with Crippen LogP contribution in [0.2, 0.25) is 0 Å². The number of carbonyl (C=O) groups is 1. The lowest BCUT2D eigenvalue weighted by atomic mass is 10.3. The van der Waals surface area contributed by atoms with E-state index in [1.54, 1.807) is 18.7 Å². The molecule has 0 aliphatic rings. The first-order valence-corrected chi connectivity index (χ1v) is 6.34. The summed E-state index contributed by atoms with van der Waals surface area (Å²) in [5.41, 5.74) is 0. The second-order valence-electron chi connectivity index (χ2n) is 3.39. The Labute approximate surface area is 90.7 Å². The van der Waals surface area contributed by atoms with Crippen LogP contribution in [0.5, 0.6) is 0 Å². The van der Waals surface area contributed by atoms with Crippen molar-refractivity contribution in [3.63, 3.8) is 0 Å². The maximum absolute atomic E-state index is 11.2. The van der Waals surface area contributed by atoms with Crippen LogP contribution in [0.4, 0.5) is 0 Å². The topological polar surface area (TPSA) is 49.3 Å². The molecular weight excluding hydrogens is 198 g/mol. The van der Waals surface area contributed by atoms with Gasteiger partial charge in [-0.2, -0.15) is 11.8 Å². The second kappa shape index (κ2) is 9.34. The largest absolute Gasteiger partial charge is 0.393 e. The first-order chi connectivity index (χ1) is 6.66.